The lowest BCUT2D eigenvalue weighted by Crippen LogP contribution is -2.33. The van der Waals surface area contributed by atoms with Crippen LogP contribution in [0.4, 0.5) is 16.4 Å². The van der Waals surface area contributed by atoms with Gasteiger partial charge in [-0.05, 0) is 6.07 Å². The van der Waals surface area contributed by atoms with E-state index in [1.54, 1.807) is 6.07 Å². The topological polar surface area (TPSA) is 215 Å². The van der Waals surface area contributed by atoms with Crippen molar-refractivity contribution in [1.29, 1.82) is 0 Å². The predicted molar refractivity (Wildman–Crippen MR) is 108 cm³/mol. The third kappa shape index (κ3) is 4.24. The molecule has 1 aliphatic rings. The molecule has 0 bridgehead atoms. The van der Waals surface area contributed by atoms with Gasteiger partial charge in [-0.1, -0.05) is 12.1 Å². The molecule has 5 N–H and O–H groups in total. The summed E-state index contributed by atoms with van der Waals surface area (Å²) in [5, 5.41) is 42.7. The third-order valence-corrected chi connectivity index (χ3v) is 4.99. The number of para-hydroxylation sites is 1. The number of benzene rings is 1. The van der Waals surface area contributed by atoms with Crippen molar-refractivity contribution in [2.24, 2.45) is 0 Å². The number of carbonyl (C=O) groups excluding carboxylic acids is 1. The van der Waals surface area contributed by atoms with E-state index in [1.165, 1.54) is 22.8 Å². The van der Waals surface area contributed by atoms with E-state index >= 15 is 0 Å². The zero-order valence-electron chi connectivity index (χ0n) is 16.7. The molecule has 1 fully saturated rings. The Morgan fingerprint density at radius 2 is 2.09 bits per heavy atom. The highest BCUT2D eigenvalue weighted by molar-refractivity contribution is 5.83. The number of aliphatic hydroxyl groups is 3. The largest absolute Gasteiger partial charge is 0.444 e. The Balaban J connectivity index is 1.53. The SMILES string of the molecule is O=C(Nc1nc2c(ncn2[C@@H]2O[C@H](CO)[C@@H](O)[C@H]2O)c(=O)[nH]1)OCc1ccccc1[N+](=O)[O-]. The first-order chi connectivity index (χ1) is 15.8. The van der Waals surface area contributed by atoms with Crippen LogP contribution in [-0.2, 0) is 16.1 Å². The molecule has 1 aromatic carbocycles. The molecule has 2 aromatic heterocycles. The highest BCUT2D eigenvalue weighted by Crippen LogP contribution is 2.30. The summed E-state index contributed by atoms with van der Waals surface area (Å²) >= 11 is 0. The van der Waals surface area contributed by atoms with Crippen molar-refractivity contribution in [3.63, 3.8) is 0 Å². The van der Waals surface area contributed by atoms with Crippen molar-refractivity contribution >= 4 is 28.9 Å². The zero-order valence-corrected chi connectivity index (χ0v) is 16.7. The molecule has 0 unspecified atom stereocenters. The number of nitro groups is 1. The predicted octanol–water partition coefficient (Wildman–Crippen LogP) is -0.612. The van der Waals surface area contributed by atoms with Gasteiger partial charge < -0.3 is 24.8 Å². The van der Waals surface area contributed by atoms with E-state index in [0.29, 0.717) is 0 Å². The van der Waals surface area contributed by atoms with Crippen LogP contribution in [0, 0.1) is 10.1 Å². The summed E-state index contributed by atoms with van der Waals surface area (Å²) in [4.78, 5) is 45.2. The number of H-pyrrole nitrogens is 1. The minimum atomic E-state index is -1.44. The van der Waals surface area contributed by atoms with E-state index in [1.807, 2.05) is 0 Å². The van der Waals surface area contributed by atoms with Gasteiger partial charge in [0.1, 0.15) is 24.9 Å². The Labute approximate surface area is 183 Å². The van der Waals surface area contributed by atoms with Crippen LogP contribution < -0.4 is 10.9 Å². The number of nitro benzene ring substituents is 1. The van der Waals surface area contributed by atoms with Gasteiger partial charge in [-0.2, -0.15) is 4.98 Å². The van der Waals surface area contributed by atoms with Crippen molar-refractivity contribution in [2.75, 3.05) is 11.9 Å². The number of carbonyl (C=O) groups is 1. The number of ether oxygens (including phenoxy) is 2. The second-order valence-electron chi connectivity index (χ2n) is 7.05. The first-order valence-electron chi connectivity index (χ1n) is 9.55. The number of amides is 1. The van der Waals surface area contributed by atoms with Gasteiger partial charge >= 0.3 is 6.09 Å². The first kappa shape index (κ1) is 22.3. The molecule has 0 saturated carbocycles. The second-order valence-corrected chi connectivity index (χ2v) is 7.05. The van der Waals surface area contributed by atoms with E-state index in [0.717, 1.165) is 6.33 Å². The van der Waals surface area contributed by atoms with Gasteiger partial charge in [0.25, 0.3) is 11.2 Å². The summed E-state index contributed by atoms with van der Waals surface area (Å²) in [5.74, 6) is -0.325. The number of aliphatic hydroxyl groups excluding tert-OH is 3. The molecule has 1 amide bonds. The lowest BCUT2D eigenvalue weighted by Gasteiger charge is -2.16. The number of fused-ring (bicyclic) bond motifs is 1. The monoisotopic (exact) mass is 462 g/mol. The molecule has 1 saturated heterocycles. The fourth-order valence-corrected chi connectivity index (χ4v) is 3.37. The minimum absolute atomic E-state index is 0.0809. The number of hydrogen-bond acceptors (Lipinski definition) is 11. The van der Waals surface area contributed by atoms with Gasteiger partial charge in [0.2, 0.25) is 5.95 Å². The van der Waals surface area contributed by atoms with Gasteiger partial charge in [0.15, 0.2) is 17.4 Å². The highest BCUT2D eigenvalue weighted by Gasteiger charge is 2.44. The average Bonchev–Trinajstić information content (AvgIpc) is 3.33. The molecule has 33 heavy (non-hydrogen) atoms. The summed E-state index contributed by atoms with van der Waals surface area (Å²) in [6.07, 6.45) is -4.97. The Hall–Kier alpha value is -3.92. The average molecular weight is 462 g/mol. The van der Waals surface area contributed by atoms with Crippen molar-refractivity contribution in [2.45, 2.75) is 31.1 Å². The van der Waals surface area contributed by atoms with E-state index in [-0.39, 0.29) is 28.4 Å². The molecule has 15 nitrogen and oxygen atoms in total. The van der Waals surface area contributed by atoms with E-state index in [9.17, 15) is 35.0 Å². The normalized spacial score (nSPS) is 22.4. The first-order valence-corrected chi connectivity index (χ1v) is 9.55. The zero-order chi connectivity index (χ0) is 23.7. The number of nitrogens with zero attached hydrogens (tertiary/aromatic N) is 4. The molecular formula is C18H18N6O9. The van der Waals surface area contributed by atoms with Crippen LogP contribution in [0.1, 0.15) is 11.8 Å². The Morgan fingerprint density at radius 3 is 2.79 bits per heavy atom. The molecule has 1 aliphatic heterocycles. The van der Waals surface area contributed by atoms with E-state index in [4.69, 9.17) is 9.47 Å². The minimum Gasteiger partial charge on any atom is -0.444 e. The molecule has 3 heterocycles. The standard InChI is InChI=1S/C18H18N6O9/c25-5-10-12(26)13(27)16(33-10)23-7-19-11-14(23)20-17(21-15(11)28)22-18(29)32-6-8-3-1-2-4-9(8)24(30)31/h1-4,7,10,12-13,16,25-27H,5-6H2,(H2,20,21,22,28,29)/t10-,12-,13-,16-/m1/s1. The quantitative estimate of drug-likeness (QED) is 0.230. The molecule has 4 atom stereocenters. The molecule has 174 valence electrons. The molecule has 4 rings (SSSR count). The molecule has 15 heteroatoms. The number of nitrogens with one attached hydrogen (secondary N) is 2. The summed E-state index contributed by atoms with van der Waals surface area (Å²) in [6, 6.07) is 5.72. The van der Waals surface area contributed by atoms with Crippen molar-refractivity contribution in [1.82, 2.24) is 19.5 Å². The van der Waals surface area contributed by atoms with Crippen molar-refractivity contribution in [3.05, 3.63) is 56.6 Å². The van der Waals surface area contributed by atoms with Gasteiger partial charge in [0, 0.05) is 6.07 Å². The van der Waals surface area contributed by atoms with Gasteiger partial charge in [-0.25, -0.2) is 9.78 Å². The number of imidazole rings is 1. The van der Waals surface area contributed by atoms with Crippen LogP contribution in [0.2, 0.25) is 0 Å². The van der Waals surface area contributed by atoms with Crippen LogP contribution in [0.15, 0.2) is 35.4 Å². The summed E-state index contributed by atoms with van der Waals surface area (Å²) in [7, 11) is 0. The van der Waals surface area contributed by atoms with Gasteiger partial charge in [0.05, 0.1) is 23.4 Å². The number of rotatable bonds is 6. The molecule has 3 aromatic rings. The van der Waals surface area contributed by atoms with Crippen molar-refractivity contribution in [3.8, 4) is 0 Å². The van der Waals surface area contributed by atoms with Crippen LogP contribution >= 0.6 is 0 Å². The summed E-state index contributed by atoms with van der Waals surface area (Å²) in [5.41, 5.74) is -0.994. The fourth-order valence-electron chi connectivity index (χ4n) is 3.37. The summed E-state index contributed by atoms with van der Waals surface area (Å²) < 4.78 is 11.6. The van der Waals surface area contributed by atoms with Gasteiger partial charge in [-0.15, -0.1) is 0 Å². The lowest BCUT2D eigenvalue weighted by atomic mass is 10.1. The smallest absolute Gasteiger partial charge is 0.414 e. The maximum Gasteiger partial charge on any atom is 0.414 e. The third-order valence-electron chi connectivity index (χ3n) is 4.99. The lowest BCUT2D eigenvalue weighted by molar-refractivity contribution is -0.385. The number of anilines is 1. The maximum atomic E-state index is 12.3. The summed E-state index contributed by atoms with van der Waals surface area (Å²) in [6.45, 7) is -0.955. The molecule has 0 aliphatic carbocycles. The maximum absolute atomic E-state index is 12.3. The molecule has 0 radical (unpaired) electrons. The van der Waals surface area contributed by atoms with Crippen LogP contribution in [0.25, 0.3) is 11.2 Å². The van der Waals surface area contributed by atoms with E-state index < -0.39 is 54.3 Å². The van der Waals surface area contributed by atoms with Gasteiger partial charge in [-0.3, -0.25) is 29.8 Å². The fraction of sp³-hybridized carbons (Fsp3) is 0.333. The highest BCUT2D eigenvalue weighted by atomic mass is 16.6. The second kappa shape index (κ2) is 8.91. The number of aromatic nitrogens is 4. The van der Waals surface area contributed by atoms with Crippen LogP contribution in [0.5, 0.6) is 0 Å². The van der Waals surface area contributed by atoms with Crippen molar-refractivity contribution < 1.29 is 34.5 Å². The molecule has 0 spiro atoms. The Bertz CT molecular complexity index is 1260. The van der Waals surface area contributed by atoms with Crippen LogP contribution in [0.3, 0.4) is 0 Å². The van der Waals surface area contributed by atoms with E-state index in [2.05, 4.69) is 20.3 Å². The Kier molecular flexibility index (Phi) is 6.01. The number of hydrogen-bond donors (Lipinski definition) is 5. The Morgan fingerprint density at radius 1 is 1.33 bits per heavy atom. The number of aromatic amines is 1. The van der Waals surface area contributed by atoms with Crippen LogP contribution in [-0.4, -0.2) is 70.8 Å². The molecular weight excluding hydrogens is 444 g/mol.